The number of aryl methyl sites for hydroxylation is 1. The molecule has 0 aliphatic rings. The second-order valence-electron chi connectivity index (χ2n) is 3.60. The molecule has 0 radical (unpaired) electrons. The van der Waals surface area contributed by atoms with Crippen LogP contribution in [0.25, 0.3) is 0 Å². The first-order valence-corrected chi connectivity index (χ1v) is 5.98. The van der Waals surface area contributed by atoms with Gasteiger partial charge in [0.1, 0.15) is 0 Å². The van der Waals surface area contributed by atoms with Crippen molar-refractivity contribution >= 4 is 27.5 Å². The van der Waals surface area contributed by atoms with Crippen LogP contribution in [0.15, 0.2) is 22.7 Å². The monoisotopic (exact) mass is 269 g/mol. The molecular formula is C12H16BrNO. The third-order valence-electron chi connectivity index (χ3n) is 2.16. The number of hydrogen-bond donors (Lipinski definition) is 1. The van der Waals surface area contributed by atoms with Gasteiger partial charge in [-0.1, -0.05) is 19.4 Å². The minimum atomic E-state index is -0.0444. The number of anilines is 1. The molecule has 1 N–H and O–H groups in total. The zero-order chi connectivity index (χ0) is 11.3. The lowest BCUT2D eigenvalue weighted by Gasteiger charge is -2.07. The topological polar surface area (TPSA) is 29.1 Å². The molecule has 0 atom stereocenters. The standard InChI is InChI=1S/C12H16BrNO/c1-3-4-5-10-6-7-12(11(13)8-10)14-9(2)15/h6-8H,3-5H2,1-2H3,(H,14,15). The van der Waals surface area contributed by atoms with Crippen molar-refractivity contribution in [2.75, 3.05) is 5.32 Å². The minimum absolute atomic E-state index is 0.0444. The quantitative estimate of drug-likeness (QED) is 0.887. The molecule has 0 saturated heterocycles. The molecule has 1 aromatic rings. The molecular weight excluding hydrogens is 254 g/mol. The summed E-state index contributed by atoms with van der Waals surface area (Å²) in [7, 11) is 0. The highest BCUT2D eigenvalue weighted by Crippen LogP contribution is 2.24. The van der Waals surface area contributed by atoms with Crippen molar-refractivity contribution in [1.82, 2.24) is 0 Å². The van der Waals surface area contributed by atoms with Crippen molar-refractivity contribution in [1.29, 1.82) is 0 Å². The van der Waals surface area contributed by atoms with Crippen LogP contribution in [0.3, 0.4) is 0 Å². The van der Waals surface area contributed by atoms with E-state index in [0.29, 0.717) is 0 Å². The fraction of sp³-hybridized carbons (Fsp3) is 0.417. The lowest BCUT2D eigenvalue weighted by atomic mass is 10.1. The van der Waals surface area contributed by atoms with E-state index in [0.717, 1.165) is 16.6 Å². The number of nitrogens with one attached hydrogen (secondary N) is 1. The summed E-state index contributed by atoms with van der Waals surface area (Å²) in [6.07, 6.45) is 3.49. The van der Waals surface area contributed by atoms with Gasteiger partial charge in [0.25, 0.3) is 0 Å². The number of carbonyl (C=O) groups excluding carboxylic acids is 1. The van der Waals surface area contributed by atoms with Gasteiger partial charge in [0.05, 0.1) is 5.69 Å². The third-order valence-corrected chi connectivity index (χ3v) is 2.82. The average Bonchev–Trinajstić information content (AvgIpc) is 2.18. The molecule has 3 heteroatoms. The fourth-order valence-corrected chi connectivity index (χ4v) is 1.91. The second kappa shape index (κ2) is 5.91. The SMILES string of the molecule is CCCCc1ccc(NC(C)=O)c(Br)c1. The normalized spacial score (nSPS) is 10.1. The van der Waals surface area contributed by atoms with Gasteiger partial charge in [-0.15, -0.1) is 0 Å². The van der Waals surface area contributed by atoms with E-state index in [2.05, 4.69) is 40.3 Å². The Hall–Kier alpha value is -0.830. The van der Waals surface area contributed by atoms with E-state index in [1.807, 2.05) is 6.07 Å². The van der Waals surface area contributed by atoms with Crippen LogP contribution in [-0.4, -0.2) is 5.91 Å². The molecule has 0 aliphatic heterocycles. The van der Waals surface area contributed by atoms with E-state index in [4.69, 9.17) is 0 Å². The van der Waals surface area contributed by atoms with Crippen molar-refractivity contribution < 1.29 is 4.79 Å². The Labute approximate surface area is 99.2 Å². The van der Waals surface area contributed by atoms with Gasteiger partial charge in [-0.25, -0.2) is 0 Å². The van der Waals surface area contributed by atoms with Gasteiger partial charge in [0, 0.05) is 11.4 Å². The van der Waals surface area contributed by atoms with Gasteiger partial charge in [0.15, 0.2) is 0 Å². The summed E-state index contributed by atoms with van der Waals surface area (Å²) in [6, 6.07) is 6.07. The number of unbranched alkanes of at least 4 members (excludes halogenated alkanes) is 1. The number of hydrogen-bond acceptors (Lipinski definition) is 1. The molecule has 0 spiro atoms. The first-order valence-electron chi connectivity index (χ1n) is 5.19. The maximum absolute atomic E-state index is 10.9. The molecule has 0 heterocycles. The van der Waals surface area contributed by atoms with Crippen molar-refractivity contribution in [3.63, 3.8) is 0 Å². The van der Waals surface area contributed by atoms with Crippen LogP contribution in [-0.2, 0) is 11.2 Å². The van der Waals surface area contributed by atoms with Crippen molar-refractivity contribution in [3.05, 3.63) is 28.2 Å². The first-order chi connectivity index (χ1) is 7.13. The van der Waals surface area contributed by atoms with Gasteiger partial charge in [-0.3, -0.25) is 4.79 Å². The van der Waals surface area contributed by atoms with E-state index in [1.165, 1.54) is 25.3 Å². The molecule has 0 unspecified atom stereocenters. The van der Waals surface area contributed by atoms with E-state index < -0.39 is 0 Å². The van der Waals surface area contributed by atoms with Crippen LogP contribution in [0.4, 0.5) is 5.69 Å². The highest BCUT2D eigenvalue weighted by Gasteiger charge is 2.02. The summed E-state index contributed by atoms with van der Waals surface area (Å²) in [6.45, 7) is 3.69. The van der Waals surface area contributed by atoms with Crippen molar-refractivity contribution in [2.24, 2.45) is 0 Å². The van der Waals surface area contributed by atoms with E-state index >= 15 is 0 Å². The lowest BCUT2D eigenvalue weighted by Crippen LogP contribution is -2.06. The predicted molar refractivity (Wildman–Crippen MR) is 67.1 cm³/mol. The third kappa shape index (κ3) is 4.04. The Morgan fingerprint density at radius 1 is 1.47 bits per heavy atom. The lowest BCUT2D eigenvalue weighted by molar-refractivity contribution is -0.114. The number of halogens is 1. The molecule has 15 heavy (non-hydrogen) atoms. The Bertz CT molecular complexity index is 349. The maximum atomic E-state index is 10.9. The molecule has 0 aliphatic carbocycles. The average molecular weight is 270 g/mol. The van der Waals surface area contributed by atoms with Crippen molar-refractivity contribution in [2.45, 2.75) is 33.1 Å². The smallest absolute Gasteiger partial charge is 0.221 e. The summed E-state index contributed by atoms with van der Waals surface area (Å²) in [5, 5.41) is 2.77. The zero-order valence-electron chi connectivity index (χ0n) is 9.14. The van der Waals surface area contributed by atoms with E-state index in [9.17, 15) is 4.79 Å². The molecule has 1 amide bonds. The maximum Gasteiger partial charge on any atom is 0.221 e. The molecule has 1 aromatic carbocycles. The van der Waals surface area contributed by atoms with Crippen LogP contribution in [0.5, 0.6) is 0 Å². The van der Waals surface area contributed by atoms with E-state index in [1.54, 1.807) is 0 Å². The number of carbonyl (C=O) groups is 1. The largest absolute Gasteiger partial charge is 0.325 e. The number of amides is 1. The van der Waals surface area contributed by atoms with Gasteiger partial charge < -0.3 is 5.32 Å². The number of benzene rings is 1. The minimum Gasteiger partial charge on any atom is -0.325 e. The Balaban J connectivity index is 2.74. The highest BCUT2D eigenvalue weighted by molar-refractivity contribution is 9.10. The molecule has 2 nitrogen and oxygen atoms in total. The summed E-state index contributed by atoms with van der Waals surface area (Å²) < 4.78 is 0.950. The molecule has 0 bridgehead atoms. The number of rotatable bonds is 4. The summed E-state index contributed by atoms with van der Waals surface area (Å²) >= 11 is 3.45. The Morgan fingerprint density at radius 2 is 2.20 bits per heavy atom. The first kappa shape index (κ1) is 12.2. The van der Waals surface area contributed by atoms with Crippen LogP contribution in [0.2, 0.25) is 0 Å². The Kier molecular flexibility index (Phi) is 4.82. The van der Waals surface area contributed by atoms with Crippen LogP contribution in [0, 0.1) is 0 Å². The van der Waals surface area contributed by atoms with Gasteiger partial charge >= 0.3 is 0 Å². The zero-order valence-corrected chi connectivity index (χ0v) is 10.7. The predicted octanol–water partition coefficient (Wildman–Crippen LogP) is 3.75. The van der Waals surface area contributed by atoms with Gasteiger partial charge in [-0.2, -0.15) is 0 Å². The summed E-state index contributed by atoms with van der Waals surface area (Å²) in [5.74, 6) is -0.0444. The second-order valence-corrected chi connectivity index (χ2v) is 4.45. The molecule has 0 fully saturated rings. The molecule has 1 rings (SSSR count). The Morgan fingerprint density at radius 3 is 2.73 bits per heavy atom. The molecule has 82 valence electrons. The summed E-state index contributed by atoms with van der Waals surface area (Å²) in [4.78, 5) is 10.9. The molecule has 0 saturated carbocycles. The van der Waals surface area contributed by atoms with E-state index in [-0.39, 0.29) is 5.91 Å². The van der Waals surface area contributed by atoms with Gasteiger partial charge in [0.2, 0.25) is 5.91 Å². The summed E-state index contributed by atoms with van der Waals surface area (Å²) in [5.41, 5.74) is 2.14. The fourth-order valence-electron chi connectivity index (χ4n) is 1.39. The highest BCUT2D eigenvalue weighted by atomic mass is 79.9. The van der Waals surface area contributed by atoms with Gasteiger partial charge in [-0.05, 0) is 46.5 Å². The van der Waals surface area contributed by atoms with Crippen LogP contribution >= 0.6 is 15.9 Å². The molecule has 0 aromatic heterocycles. The van der Waals surface area contributed by atoms with Crippen LogP contribution < -0.4 is 5.32 Å². The van der Waals surface area contributed by atoms with Crippen LogP contribution in [0.1, 0.15) is 32.3 Å². The van der Waals surface area contributed by atoms with Crippen molar-refractivity contribution in [3.8, 4) is 0 Å².